The maximum Gasteiger partial charge on any atom is 0.182 e. The Morgan fingerprint density at radius 1 is 1.40 bits per heavy atom. The van der Waals surface area contributed by atoms with Crippen molar-refractivity contribution in [1.82, 2.24) is 15.2 Å². The molecule has 1 heterocycles. The summed E-state index contributed by atoms with van der Waals surface area (Å²) in [7, 11) is 0. The van der Waals surface area contributed by atoms with Crippen molar-refractivity contribution in [2.75, 3.05) is 0 Å². The van der Waals surface area contributed by atoms with Crippen molar-refractivity contribution in [3.05, 3.63) is 33.7 Å². The van der Waals surface area contributed by atoms with Crippen LogP contribution in [0.4, 0.5) is 0 Å². The van der Waals surface area contributed by atoms with Crippen LogP contribution in [-0.4, -0.2) is 15.2 Å². The Bertz CT molecular complexity index is 464. The van der Waals surface area contributed by atoms with Crippen LogP contribution in [-0.2, 0) is 0 Å². The lowest BCUT2D eigenvalue weighted by molar-refractivity contribution is 0.745. The van der Waals surface area contributed by atoms with Crippen LogP contribution in [0.5, 0.6) is 0 Å². The molecule has 0 saturated carbocycles. The summed E-state index contributed by atoms with van der Waals surface area (Å²) >= 11 is 2.27. The van der Waals surface area contributed by atoms with E-state index in [1.807, 2.05) is 31.2 Å². The highest BCUT2D eigenvalue weighted by Crippen LogP contribution is 2.21. The minimum atomic E-state index is -0.118. The van der Waals surface area contributed by atoms with Crippen LogP contribution in [0, 0.1) is 3.57 Å². The maximum absolute atomic E-state index is 5.71. The van der Waals surface area contributed by atoms with E-state index in [2.05, 4.69) is 37.8 Å². The van der Waals surface area contributed by atoms with Crippen molar-refractivity contribution < 1.29 is 0 Å². The van der Waals surface area contributed by atoms with Crippen LogP contribution in [0.15, 0.2) is 24.3 Å². The Hall–Kier alpha value is -0.950. The predicted molar refractivity (Wildman–Crippen MR) is 67.1 cm³/mol. The van der Waals surface area contributed by atoms with Gasteiger partial charge < -0.3 is 5.73 Å². The Balaban J connectivity index is 2.42. The Kier molecular flexibility index (Phi) is 3.01. The van der Waals surface area contributed by atoms with Crippen LogP contribution in [0.2, 0.25) is 0 Å². The summed E-state index contributed by atoms with van der Waals surface area (Å²) in [6, 6.07) is 7.87. The molecule has 1 atom stereocenters. The summed E-state index contributed by atoms with van der Waals surface area (Å²) in [5.41, 5.74) is 6.74. The van der Waals surface area contributed by atoms with Gasteiger partial charge in [-0.2, -0.15) is 5.10 Å². The molecule has 0 aliphatic rings. The first kappa shape index (κ1) is 10.6. The van der Waals surface area contributed by atoms with Crippen molar-refractivity contribution in [3.8, 4) is 11.4 Å². The van der Waals surface area contributed by atoms with Crippen LogP contribution in [0.3, 0.4) is 0 Å². The highest BCUT2D eigenvalue weighted by atomic mass is 127. The number of nitrogens with one attached hydrogen (secondary N) is 1. The minimum absolute atomic E-state index is 0.118. The summed E-state index contributed by atoms with van der Waals surface area (Å²) in [4.78, 5) is 4.34. The fourth-order valence-electron chi connectivity index (χ4n) is 1.24. The van der Waals surface area contributed by atoms with Gasteiger partial charge in [-0.3, -0.25) is 5.10 Å². The molecule has 0 aliphatic carbocycles. The number of H-pyrrole nitrogens is 1. The zero-order valence-corrected chi connectivity index (χ0v) is 10.4. The zero-order valence-electron chi connectivity index (χ0n) is 8.24. The molecule has 2 aromatic rings. The Morgan fingerprint density at radius 3 is 2.73 bits per heavy atom. The van der Waals surface area contributed by atoms with Crippen LogP contribution in [0.1, 0.15) is 18.8 Å². The predicted octanol–water partition coefficient (Wildman–Crippen LogP) is 2.10. The molecule has 4 nitrogen and oxygen atoms in total. The van der Waals surface area contributed by atoms with Gasteiger partial charge in [-0.05, 0) is 35.6 Å². The Labute approximate surface area is 101 Å². The topological polar surface area (TPSA) is 67.6 Å². The second-order valence-electron chi connectivity index (χ2n) is 3.31. The van der Waals surface area contributed by atoms with E-state index in [4.69, 9.17) is 5.73 Å². The molecule has 0 bridgehead atoms. The van der Waals surface area contributed by atoms with Gasteiger partial charge in [0.1, 0.15) is 5.82 Å². The van der Waals surface area contributed by atoms with Gasteiger partial charge in [0.15, 0.2) is 5.82 Å². The molecule has 0 amide bonds. The van der Waals surface area contributed by atoms with E-state index >= 15 is 0 Å². The second kappa shape index (κ2) is 4.28. The number of nitrogens with two attached hydrogens (primary N) is 1. The molecule has 2 rings (SSSR count). The first-order chi connectivity index (χ1) is 7.18. The normalized spacial score (nSPS) is 12.7. The van der Waals surface area contributed by atoms with Gasteiger partial charge in [0.25, 0.3) is 0 Å². The van der Waals surface area contributed by atoms with Crippen molar-refractivity contribution in [2.24, 2.45) is 5.73 Å². The van der Waals surface area contributed by atoms with Gasteiger partial charge in [0.2, 0.25) is 0 Å². The number of halogens is 1. The number of hydrogen-bond donors (Lipinski definition) is 2. The first-order valence-corrected chi connectivity index (χ1v) is 5.69. The molecule has 1 aromatic carbocycles. The van der Waals surface area contributed by atoms with Crippen molar-refractivity contribution in [2.45, 2.75) is 13.0 Å². The lowest BCUT2D eigenvalue weighted by Crippen LogP contribution is -2.06. The van der Waals surface area contributed by atoms with E-state index in [1.165, 1.54) is 0 Å². The third-order valence-corrected chi connectivity index (χ3v) is 2.99. The second-order valence-corrected chi connectivity index (χ2v) is 4.47. The van der Waals surface area contributed by atoms with Gasteiger partial charge in [-0.1, -0.05) is 18.2 Å². The number of aromatic amines is 1. The molecule has 1 unspecified atom stereocenters. The first-order valence-electron chi connectivity index (χ1n) is 4.61. The highest BCUT2D eigenvalue weighted by molar-refractivity contribution is 14.1. The lowest BCUT2D eigenvalue weighted by atomic mass is 10.2. The molecule has 0 spiro atoms. The van der Waals surface area contributed by atoms with Crippen molar-refractivity contribution in [3.63, 3.8) is 0 Å². The highest BCUT2D eigenvalue weighted by Gasteiger charge is 2.10. The van der Waals surface area contributed by atoms with Crippen LogP contribution in [0.25, 0.3) is 11.4 Å². The van der Waals surface area contributed by atoms with E-state index in [-0.39, 0.29) is 6.04 Å². The molecule has 0 saturated heterocycles. The molecule has 0 fully saturated rings. The molecular weight excluding hydrogens is 303 g/mol. The van der Waals surface area contributed by atoms with Crippen molar-refractivity contribution in [1.29, 1.82) is 0 Å². The summed E-state index contributed by atoms with van der Waals surface area (Å²) in [5.74, 6) is 1.41. The fraction of sp³-hybridized carbons (Fsp3) is 0.200. The van der Waals surface area contributed by atoms with Gasteiger partial charge >= 0.3 is 0 Å². The summed E-state index contributed by atoms with van der Waals surface area (Å²) in [5, 5.41) is 6.99. The molecule has 78 valence electrons. The molecule has 3 N–H and O–H groups in total. The average Bonchev–Trinajstić information content (AvgIpc) is 2.67. The SMILES string of the molecule is CC(N)c1nc(-c2ccccc2I)n[nH]1. The zero-order chi connectivity index (χ0) is 10.8. The Morgan fingerprint density at radius 2 is 2.13 bits per heavy atom. The number of hydrogen-bond acceptors (Lipinski definition) is 3. The molecule has 5 heteroatoms. The summed E-state index contributed by atoms with van der Waals surface area (Å²) < 4.78 is 1.13. The van der Waals surface area contributed by atoms with Gasteiger partial charge in [0.05, 0.1) is 6.04 Å². The number of aromatic nitrogens is 3. The van der Waals surface area contributed by atoms with Crippen LogP contribution < -0.4 is 5.73 Å². The van der Waals surface area contributed by atoms with Gasteiger partial charge in [0, 0.05) is 9.13 Å². The lowest BCUT2D eigenvalue weighted by Gasteiger charge is -1.98. The molecular formula is C10H11IN4. The third kappa shape index (κ3) is 2.18. The van der Waals surface area contributed by atoms with E-state index in [1.54, 1.807) is 0 Å². The van der Waals surface area contributed by atoms with E-state index < -0.39 is 0 Å². The minimum Gasteiger partial charge on any atom is -0.322 e. The van der Waals surface area contributed by atoms with Crippen molar-refractivity contribution >= 4 is 22.6 Å². The third-order valence-electron chi connectivity index (χ3n) is 2.05. The number of nitrogens with zero attached hydrogens (tertiary/aromatic N) is 2. The van der Waals surface area contributed by atoms with E-state index in [9.17, 15) is 0 Å². The molecule has 15 heavy (non-hydrogen) atoms. The standard InChI is InChI=1S/C10H11IN4/c1-6(12)9-13-10(15-14-9)7-4-2-3-5-8(7)11/h2-6H,12H2,1H3,(H,13,14,15). The molecule has 0 aliphatic heterocycles. The average molecular weight is 314 g/mol. The van der Waals surface area contributed by atoms with E-state index in [0.29, 0.717) is 11.6 Å². The maximum atomic E-state index is 5.71. The van der Waals surface area contributed by atoms with Gasteiger partial charge in [-0.15, -0.1) is 0 Å². The number of rotatable bonds is 2. The summed E-state index contributed by atoms with van der Waals surface area (Å²) in [6.45, 7) is 1.88. The largest absolute Gasteiger partial charge is 0.322 e. The van der Waals surface area contributed by atoms with E-state index in [0.717, 1.165) is 9.13 Å². The van der Waals surface area contributed by atoms with Gasteiger partial charge in [-0.25, -0.2) is 4.98 Å². The summed E-state index contributed by atoms with van der Waals surface area (Å²) in [6.07, 6.45) is 0. The fourth-order valence-corrected chi connectivity index (χ4v) is 1.87. The monoisotopic (exact) mass is 314 g/mol. The smallest absolute Gasteiger partial charge is 0.182 e. The molecule has 1 aromatic heterocycles. The molecule has 0 radical (unpaired) electrons. The van der Waals surface area contributed by atoms with Crippen LogP contribution >= 0.6 is 22.6 Å². The quantitative estimate of drug-likeness (QED) is 0.834. The number of benzene rings is 1.